The number of nitrogens with zero attached hydrogens (tertiary/aromatic N) is 1. The Hall–Kier alpha value is -2.94. The second-order valence-electron chi connectivity index (χ2n) is 4.20. The van der Waals surface area contributed by atoms with E-state index >= 15 is 0 Å². The smallest absolute Gasteiger partial charge is 0.329 e. The topological polar surface area (TPSA) is 129 Å². The summed E-state index contributed by atoms with van der Waals surface area (Å²) in [6.07, 6.45) is 1.19. The minimum Gasteiger partial charge on any atom is -0.545 e. The Kier molecular flexibility index (Phi) is 7.21. The highest BCUT2D eigenvalue weighted by Gasteiger charge is 2.11. The van der Waals surface area contributed by atoms with Gasteiger partial charge >= 0.3 is 11.8 Å². The van der Waals surface area contributed by atoms with Crippen molar-refractivity contribution in [2.75, 3.05) is 27.4 Å². The summed E-state index contributed by atoms with van der Waals surface area (Å²) in [5.41, 5.74) is 2.25. The molecule has 9 nitrogen and oxygen atoms in total. The van der Waals surface area contributed by atoms with Gasteiger partial charge in [0, 0.05) is 19.2 Å². The molecule has 0 bridgehead atoms. The Bertz CT molecular complexity index is 615. The number of nitrogens with one attached hydrogen (secondary N) is 2. The van der Waals surface area contributed by atoms with Gasteiger partial charge in [-0.3, -0.25) is 9.59 Å². The lowest BCUT2D eigenvalue weighted by Crippen LogP contribution is -2.39. The number of hydrazone groups is 1. The molecule has 0 heterocycles. The predicted molar refractivity (Wildman–Crippen MR) is 77.9 cm³/mol. The summed E-state index contributed by atoms with van der Waals surface area (Å²) in [4.78, 5) is 33.7. The molecule has 0 aliphatic heterocycles. The number of carbonyl (C=O) groups is 3. The van der Waals surface area contributed by atoms with E-state index in [-0.39, 0.29) is 24.5 Å². The Morgan fingerprint density at radius 1 is 1.26 bits per heavy atom. The van der Waals surface area contributed by atoms with Gasteiger partial charge in [0.15, 0.2) is 0 Å². The number of benzene rings is 1. The molecule has 124 valence electrons. The first kappa shape index (κ1) is 18.1. The maximum absolute atomic E-state index is 11.4. The van der Waals surface area contributed by atoms with Crippen LogP contribution in [0, 0.1) is 0 Å². The van der Waals surface area contributed by atoms with Crippen LogP contribution in [0.5, 0.6) is 5.75 Å². The van der Waals surface area contributed by atoms with Crippen molar-refractivity contribution < 1.29 is 29.0 Å². The second-order valence-corrected chi connectivity index (χ2v) is 4.20. The number of amides is 2. The average molecular weight is 322 g/mol. The van der Waals surface area contributed by atoms with Crippen molar-refractivity contribution in [2.45, 2.75) is 0 Å². The van der Waals surface area contributed by atoms with E-state index in [0.717, 1.165) is 0 Å². The highest BCUT2D eigenvalue weighted by atomic mass is 16.5. The summed E-state index contributed by atoms with van der Waals surface area (Å²) >= 11 is 0. The van der Waals surface area contributed by atoms with Gasteiger partial charge in [-0.1, -0.05) is 0 Å². The number of carboxylic acids is 1. The summed E-state index contributed by atoms with van der Waals surface area (Å²) in [6, 6.07) is 4.22. The number of aromatic carboxylic acids is 1. The van der Waals surface area contributed by atoms with E-state index in [1.807, 2.05) is 5.43 Å². The summed E-state index contributed by atoms with van der Waals surface area (Å²) < 4.78 is 9.61. The third-order valence-corrected chi connectivity index (χ3v) is 2.62. The molecule has 2 N–H and O–H groups in total. The first-order valence-corrected chi connectivity index (χ1v) is 6.49. The molecule has 0 radical (unpaired) electrons. The van der Waals surface area contributed by atoms with Gasteiger partial charge in [0.1, 0.15) is 5.75 Å². The quantitative estimate of drug-likeness (QED) is 0.266. The van der Waals surface area contributed by atoms with Crippen LogP contribution >= 0.6 is 0 Å². The second kappa shape index (κ2) is 9.15. The average Bonchev–Trinajstić information content (AvgIpc) is 2.54. The predicted octanol–water partition coefficient (Wildman–Crippen LogP) is -1.73. The Labute approximate surface area is 132 Å². The molecular formula is C14H16N3O6-. The van der Waals surface area contributed by atoms with Crippen molar-refractivity contribution in [3.05, 3.63) is 29.3 Å². The van der Waals surface area contributed by atoms with Gasteiger partial charge in [-0.15, -0.1) is 0 Å². The van der Waals surface area contributed by atoms with E-state index in [9.17, 15) is 19.5 Å². The molecule has 1 rings (SSSR count). The van der Waals surface area contributed by atoms with Crippen molar-refractivity contribution in [3.63, 3.8) is 0 Å². The molecule has 2 amide bonds. The van der Waals surface area contributed by atoms with Crippen LogP contribution in [0.3, 0.4) is 0 Å². The van der Waals surface area contributed by atoms with Crippen LogP contribution in [-0.4, -0.2) is 51.4 Å². The zero-order valence-corrected chi connectivity index (χ0v) is 12.6. The molecule has 0 aliphatic carbocycles. The fourth-order valence-corrected chi connectivity index (χ4v) is 1.53. The SMILES string of the molecule is COCCNC(=O)C(=O)N/N=C\c1ccc(OC)c(C(=O)[O-])c1. The molecule has 0 saturated heterocycles. The van der Waals surface area contributed by atoms with E-state index < -0.39 is 17.8 Å². The lowest BCUT2D eigenvalue weighted by molar-refractivity contribution is -0.255. The Balaban J connectivity index is 2.64. The van der Waals surface area contributed by atoms with E-state index in [1.54, 1.807) is 0 Å². The van der Waals surface area contributed by atoms with Gasteiger partial charge in [-0.2, -0.15) is 5.10 Å². The molecule has 0 saturated carbocycles. The molecule has 0 aromatic heterocycles. The highest BCUT2D eigenvalue weighted by Crippen LogP contribution is 2.18. The Morgan fingerprint density at radius 3 is 2.61 bits per heavy atom. The van der Waals surface area contributed by atoms with Crippen LogP contribution < -0.4 is 20.6 Å². The van der Waals surface area contributed by atoms with Crippen LogP contribution in [-0.2, 0) is 14.3 Å². The van der Waals surface area contributed by atoms with E-state index in [0.29, 0.717) is 5.56 Å². The normalized spacial score (nSPS) is 10.3. The number of methoxy groups -OCH3 is 2. The third-order valence-electron chi connectivity index (χ3n) is 2.62. The van der Waals surface area contributed by atoms with Crippen molar-refractivity contribution in [1.82, 2.24) is 10.7 Å². The molecule has 23 heavy (non-hydrogen) atoms. The van der Waals surface area contributed by atoms with Crippen LogP contribution in [0.1, 0.15) is 15.9 Å². The zero-order chi connectivity index (χ0) is 17.2. The molecule has 0 atom stereocenters. The maximum atomic E-state index is 11.4. The van der Waals surface area contributed by atoms with Gasteiger partial charge in [0.2, 0.25) is 0 Å². The number of hydrogen-bond donors (Lipinski definition) is 2. The summed E-state index contributed by atoms with van der Waals surface area (Å²) in [7, 11) is 2.80. The molecule has 0 spiro atoms. The molecule has 0 fully saturated rings. The first-order chi connectivity index (χ1) is 11.0. The number of rotatable bonds is 7. The molecule has 0 unspecified atom stereocenters. The molecule has 1 aromatic rings. The first-order valence-electron chi connectivity index (χ1n) is 6.49. The zero-order valence-electron chi connectivity index (χ0n) is 12.6. The minimum atomic E-state index is -1.40. The van der Waals surface area contributed by atoms with E-state index in [4.69, 9.17) is 9.47 Å². The van der Waals surface area contributed by atoms with Crippen LogP contribution in [0.2, 0.25) is 0 Å². The molecule has 9 heteroatoms. The Morgan fingerprint density at radius 2 is 2.00 bits per heavy atom. The summed E-state index contributed by atoms with van der Waals surface area (Å²) in [5.74, 6) is -3.07. The number of carbonyl (C=O) groups excluding carboxylic acids is 3. The van der Waals surface area contributed by atoms with Gasteiger partial charge < -0.3 is 24.7 Å². The van der Waals surface area contributed by atoms with Crippen molar-refractivity contribution in [2.24, 2.45) is 5.10 Å². The lowest BCUT2D eigenvalue weighted by atomic mass is 10.1. The van der Waals surface area contributed by atoms with Gasteiger partial charge in [-0.25, -0.2) is 5.43 Å². The fourth-order valence-electron chi connectivity index (χ4n) is 1.53. The van der Waals surface area contributed by atoms with Gasteiger partial charge in [0.25, 0.3) is 0 Å². The lowest BCUT2D eigenvalue weighted by Gasteiger charge is -2.09. The molecule has 0 aliphatic rings. The minimum absolute atomic E-state index is 0.142. The summed E-state index contributed by atoms with van der Waals surface area (Å²) in [5, 5.41) is 16.9. The maximum Gasteiger partial charge on any atom is 0.329 e. The van der Waals surface area contributed by atoms with Gasteiger partial charge in [0.05, 0.1) is 25.9 Å². The number of ether oxygens (including phenoxy) is 2. The number of carboxylic acid groups (broad SMARTS) is 1. The van der Waals surface area contributed by atoms with Crippen molar-refractivity contribution in [1.29, 1.82) is 0 Å². The van der Waals surface area contributed by atoms with Crippen molar-refractivity contribution in [3.8, 4) is 5.75 Å². The fraction of sp³-hybridized carbons (Fsp3) is 0.286. The monoisotopic (exact) mass is 322 g/mol. The number of hydrogen-bond acceptors (Lipinski definition) is 7. The largest absolute Gasteiger partial charge is 0.545 e. The van der Waals surface area contributed by atoms with Gasteiger partial charge in [-0.05, 0) is 23.8 Å². The van der Waals surface area contributed by atoms with E-state index in [2.05, 4.69) is 10.4 Å². The summed E-state index contributed by atoms with van der Waals surface area (Å²) in [6.45, 7) is 0.472. The van der Waals surface area contributed by atoms with E-state index in [1.165, 1.54) is 38.6 Å². The van der Waals surface area contributed by atoms with Crippen LogP contribution in [0.15, 0.2) is 23.3 Å². The highest BCUT2D eigenvalue weighted by molar-refractivity contribution is 6.35. The van der Waals surface area contributed by atoms with Crippen molar-refractivity contribution >= 4 is 24.0 Å². The standard InChI is InChI=1S/C14H17N3O6/c1-22-6-5-15-12(18)13(19)17-16-8-9-3-4-11(23-2)10(7-9)14(20)21/h3-4,7-8H,5-6H2,1-2H3,(H,15,18)(H,17,19)(H,20,21)/p-1/b16-8-. The van der Waals surface area contributed by atoms with Crippen LogP contribution in [0.4, 0.5) is 0 Å². The third kappa shape index (κ3) is 5.75. The molecule has 1 aromatic carbocycles. The van der Waals surface area contributed by atoms with Crippen LogP contribution in [0.25, 0.3) is 0 Å². The molecular weight excluding hydrogens is 306 g/mol.